The first-order valence-electron chi connectivity index (χ1n) is 10.4. The summed E-state index contributed by atoms with van der Waals surface area (Å²) in [4.78, 5) is 21.6. The maximum absolute atomic E-state index is 13.9. The normalized spacial score (nSPS) is 12.0. The van der Waals surface area contributed by atoms with Crippen LogP contribution in [0, 0.1) is 12.7 Å². The average Bonchev–Trinajstić information content (AvgIpc) is 3.17. The van der Waals surface area contributed by atoms with E-state index in [1.54, 1.807) is 35.3 Å². The molecule has 1 atom stereocenters. The molecule has 0 saturated carbocycles. The molecular formula is C23H22ClFN6O3. The van der Waals surface area contributed by atoms with Gasteiger partial charge in [-0.3, -0.25) is 9.48 Å². The van der Waals surface area contributed by atoms with Gasteiger partial charge in [-0.15, -0.1) is 0 Å². The molecule has 11 heteroatoms. The second-order valence-electron chi connectivity index (χ2n) is 7.51. The molecule has 0 aliphatic carbocycles. The lowest BCUT2D eigenvalue weighted by Crippen LogP contribution is -2.27. The topological polar surface area (TPSA) is 118 Å². The van der Waals surface area contributed by atoms with Gasteiger partial charge in [-0.2, -0.15) is 5.10 Å². The second kappa shape index (κ2) is 10.1. The third kappa shape index (κ3) is 4.84. The van der Waals surface area contributed by atoms with Gasteiger partial charge in [0.05, 0.1) is 54.1 Å². The van der Waals surface area contributed by atoms with Gasteiger partial charge in [-0.25, -0.2) is 14.4 Å². The molecule has 0 aliphatic heterocycles. The molecule has 3 N–H and O–H groups in total. The van der Waals surface area contributed by atoms with E-state index in [4.69, 9.17) is 16.7 Å². The molecule has 0 bridgehead atoms. The minimum atomic E-state index is -0.769. The summed E-state index contributed by atoms with van der Waals surface area (Å²) in [6.07, 6.45) is 4.72. The second-order valence-corrected chi connectivity index (χ2v) is 7.92. The van der Waals surface area contributed by atoms with E-state index in [2.05, 4.69) is 20.4 Å². The molecule has 4 rings (SSSR count). The number of hydrogen-bond acceptors (Lipinski definition) is 7. The van der Waals surface area contributed by atoms with Gasteiger partial charge in [0.1, 0.15) is 5.82 Å². The van der Waals surface area contributed by atoms with Gasteiger partial charge in [-0.1, -0.05) is 17.7 Å². The number of nitrogens with zero attached hydrogens (tertiary/aromatic N) is 5. The molecule has 0 aliphatic rings. The van der Waals surface area contributed by atoms with Crippen LogP contribution in [0.3, 0.4) is 0 Å². The highest BCUT2D eigenvalue weighted by atomic mass is 35.5. The van der Waals surface area contributed by atoms with Crippen LogP contribution in [0.25, 0.3) is 11.3 Å². The molecule has 0 unspecified atom stereocenters. The summed E-state index contributed by atoms with van der Waals surface area (Å²) in [5.74, 6) is -0.307. The highest BCUT2D eigenvalue weighted by molar-refractivity contribution is 6.30. The number of rotatable bonds is 8. The molecule has 3 aromatic heterocycles. The number of pyridine rings is 1. The molecule has 0 fully saturated rings. The molecule has 34 heavy (non-hydrogen) atoms. The van der Waals surface area contributed by atoms with Crippen molar-refractivity contribution in [3.8, 4) is 11.3 Å². The number of nitrogens with one attached hydrogen (secondary N) is 1. The number of halogens is 2. The summed E-state index contributed by atoms with van der Waals surface area (Å²) in [7, 11) is 0. The average molecular weight is 485 g/mol. The highest BCUT2D eigenvalue weighted by Gasteiger charge is 2.17. The number of hydrogen-bond donors (Lipinski definition) is 3. The molecule has 9 nitrogen and oxygen atoms in total. The van der Waals surface area contributed by atoms with E-state index in [-0.39, 0.29) is 17.2 Å². The Morgan fingerprint density at radius 1 is 1.21 bits per heavy atom. The predicted octanol–water partition coefficient (Wildman–Crippen LogP) is 2.92. The molecule has 4 aromatic rings. The maximum atomic E-state index is 13.9. The van der Waals surface area contributed by atoms with Crippen LogP contribution >= 0.6 is 11.6 Å². The number of aromatic nitrogens is 5. The lowest BCUT2D eigenvalue weighted by Gasteiger charge is -2.18. The van der Waals surface area contributed by atoms with Crippen molar-refractivity contribution in [2.45, 2.75) is 19.5 Å². The first kappa shape index (κ1) is 23.6. The zero-order chi connectivity index (χ0) is 24.2. The van der Waals surface area contributed by atoms with E-state index in [1.165, 1.54) is 29.0 Å². The number of benzene rings is 1. The van der Waals surface area contributed by atoms with Crippen LogP contribution in [0.15, 0.2) is 59.8 Å². The first-order chi connectivity index (χ1) is 16.4. The predicted molar refractivity (Wildman–Crippen MR) is 126 cm³/mol. The van der Waals surface area contributed by atoms with Gasteiger partial charge >= 0.3 is 0 Å². The van der Waals surface area contributed by atoms with Crippen molar-refractivity contribution in [1.29, 1.82) is 0 Å². The SMILES string of the molecule is Cc1c(Nc2nccc(-c3ccn([C@H](CO)c4ccc(Cl)c(F)c4)c(=O)c3)n2)cnn1CCO. The molecule has 0 amide bonds. The van der Waals surface area contributed by atoms with Gasteiger partial charge in [0, 0.05) is 24.0 Å². The molecule has 0 saturated heterocycles. The zero-order valence-electron chi connectivity index (χ0n) is 18.2. The Bertz CT molecular complexity index is 1370. The smallest absolute Gasteiger partial charge is 0.251 e. The minimum Gasteiger partial charge on any atom is -0.394 e. The largest absolute Gasteiger partial charge is 0.394 e. The lowest BCUT2D eigenvalue weighted by molar-refractivity contribution is 0.247. The Morgan fingerprint density at radius 2 is 2.03 bits per heavy atom. The Labute approximate surface area is 199 Å². The van der Waals surface area contributed by atoms with Crippen LogP contribution in [0.5, 0.6) is 0 Å². The van der Waals surface area contributed by atoms with Crippen molar-refractivity contribution < 1.29 is 14.6 Å². The van der Waals surface area contributed by atoms with E-state index in [0.717, 1.165) is 5.69 Å². The van der Waals surface area contributed by atoms with E-state index in [9.17, 15) is 14.3 Å². The van der Waals surface area contributed by atoms with Crippen molar-refractivity contribution >= 4 is 23.2 Å². The fraction of sp³-hybridized carbons (Fsp3) is 0.217. The summed E-state index contributed by atoms with van der Waals surface area (Å²) in [6.45, 7) is 1.82. The zero-order valence-corrected chi connectivity index (χ0v) is 18.9. The van der Waals surface area contributed by atoms with Crippen LogP contribution in [0.4, 0.5) is 16.0 Å². The van der Waals surface area contributed by atoms with Crippen LogP contribution < -0.4 is 10.9 Å². The van der Waals surface area contributed by atoms with Gasteiger partial charge < -0.3 is 20.1 Å². The summed E-state index contributed by atoms with van der Waals surface area (Å²) in [5.41, 5.74) is 2.62. The minimum absolute atomic E-state index is 0.0242. The Hall–Kier alpha value is -3.60. The summed E-state index contributed by atoms with van der Waals surface area (Å²) in [5, 5.41) is 26.3. The fourth-order valence-electron chi connectivity index (χ4n) is 3.57. The van der Waals surface area contributed by atoms with Crippen molar-refractivity contribution in [2.24, 2.45) is 0 Å². The lowest BCUT2D eigenvalue weighted by atomic mass is 10.1. The monoisotopic (exact) mass is 484 g/mol. The van der Waals surface area contributed by atoms with Gasteiger partial charge in [0.15, 0.2) is 0 Å². The van der Waals surface area contributed by atoms with Gasteiger partial charge in [-0.05, 0) is 36.8 Å². The summed E-state index contributed by atoms with van der Waals surface area (Å²) in [6, 6.07) is 8.15. The van der Waals surface area contributed by atoms with Crippen LogP contribution in [-0.4, -0.2) is 47.7 Å². The van der Waals surface area contributed by atoms with E-state index in [0.29, 0.717) is 35.0 Å². The van der Waals surface area contributed by atoms with E-state index >= 15 is 0 Å². The van der Waals surface area contributed by atoms with Gasteiger partial charge in [0.25, 0.3) is 5.56 Å². The maximum Gasteiger partial charge on any atom is 0.251 e. The fourth-order valence-corrected chi connectivity index (χ4v) is 3.69. The Kier molecular flexibility index (Phi) is 7.01. The molecule has 3 heterocycles. The highest BCUT2D eigenvalue weighted by Crippen LogP contribution is 2.24. The molecular weight excluding hydrogens is 463 g/mol. The molecule has 1 aromatic carbocycles. The first-order valence-corrected chi connectivity index (χ1v) is 10.8. The van der Waals surface area contributed by atoms with Crippen LogP contribution in [0.2, 0.25) is 5.02 Å². The van der Waals surface area contributed by atoms with Crippen LogP contribution in [-0.2, 0) is 6.54 Å². The number of aliphatic hydroxyl groups is 2. The van der Waals surface area contributed by atoms with Crippen molar-refractivity contribution in [1.82, 2.24) is 24.3 Å². The third-order valence-electron chi connectivity index (χ3n) is 5.40. The van der Waals surface area contributed by atoms with E-state index in [1.807, 2.05) is 6.92 Å². The third-order valence-corrected chi connectivity index (χ3v) is 5.70. The van der Waals surface area contributed by atoms with Gasteiger partial charge in [0.2, 0.25) is 5.95 Å². The number of aliphatic hydroxyl groups excluding tert-OH is 2. The van der Waals surface area contributed by atoms with E-state index < -0.39 is 18.5 Å². The summed E-state index contributed by atoms with van der Waals surface area (Å²) < 4.78 is 16.9. The van der Waals surface area contributed by atoms with Crippen molar-refractivity contribution in [2.75, 3.05) is 18.5 Å². The Balaban J connectivity index is 1.60. The summed E-state index contributed by atoms with van der Waals surface area (Å²) >= 11 is 5.74. The molecule has 176 valence electrons. The molecule has 0 spiro atoms. The standard InChI is InChI=1S/C23H22ClFN6O3/c1-14-20(12-27-31(14)8-9-32)29-23-26-6-4-19(28-23)15-5-7-30(22(34)11-15)21(13-33)16-2-3-17(24)18(25)10-16/h2-7,10-12,21,32-33H,8-9,13H2,1H3,(H,26,28,29)/t21-/m1/s1. The molecule has 0 radical (unpaired) electrons. The van der Waals surface area contributed by atoms with Crippen molar-refractivity contribution in [3.63, 3.8) is 0 Å². The van der Waals surface area contributed by atoms with Crippen LogP contribution in [0.1, 0.15) is 17.3 Å². The Morgan fingerprint density at radius 3 is 2.74 bits per heavy atom. The number of anilines is 2. The van der Waals surface area contributed by atoms with Crippen molar-refractivity contribution in [3.05, 3.63) is 87.4 Å². The quantitative estimate of drug-likeness (QED) is 0.352.